The standard InChI is InChI=1S/C25H34N6O/c32-25(26-18-20-10-4-1-5-11-20)31-17-12-22-21(19-31)23(29-13-6-2-7-14-29)28-24(27-22)30-15-8-3-9-16-30/h1,4-5,10-11H,2-3,6-9,12-19H2,(H,26,32). The summed E-state index contributed by atoms with van der Waals surface area (Å²) in [6.07, 6.45) is 8.23. The van der Waals surface area contributed by atoms with Crippen LogP contribution in [0.25, 0.3) is 0 Å². The predicted molar refractivity (Wildman–Crippen MR) is 127 cm³/mol. The quantitative estimate of drug-likeness (QED) is 0.795. The van der Waals surface area contributed by atoms with E-state index in [1.54, 1.807) is 0 Å². The van der Waals surface area contributed by atoms with Crippen molar-refractivity contribution in [1.29, 1.82) is 0 Å². The average Bonchev–Trinajstić information content (AvgIpc) is 2.88. The van der Waals surface area contributed by atoms with Gasteiger partial charge in [0.2, 0.25) is 5.95 Å². The van der Waals surface area contributed by atoms with E-state index in [1.165, 1.54) is 38.5 Å². The fourth-order valence-corrected chi connectivity index (χ4v) is 5.05. The van der Waals surface area contributed by atoms with Crippen molar-refractivity contribution in [3.63, 3.8) is 0 Å². The van der Waals surface area contributed by atoms with Crippen LogP contribution in [0.15, 0.2) is 30.3 Å². The van der Waals surface area contributed by atoms with Crippen molar-refractivity contribution >= 4 is 17.8 Å². The van der Waals surface area contributed by atoms with Gasteiger partial charge in [0.05, 0.1) is 12.2 Å². The highest BCUT2D eigenvalue weighted by molar-refractivity contribution is 5.75. The summed E-state index contributed by atoms with van der Waals surface area (Å²) in [4.78, 5) is 29.8. The topological polar surface area (TPSA) is 64.6 Å². The monoisotopic (exact) mass is 434 g/mol. The van der Waals surface area contributed by atoms with Gasteiger partial charge in [0.25, 0.3) is 0 Å². The molecule has 2 saturated heterocycles. The second-order valence-electron chi connectivity index (χ2n) is 9.18. The lowest BCUT2D eigenvalue weighted by Crippen LogP contribution is -2.44. The van der Waals surface area contributed by atoms with E-state index in [9.17, 15) is 4.79 Å². The summed E-state index contributed by atoms with van der Waals surface area (Å²) < 4.78 is 0. The molecule has 2 aromatic rings. The van der Waals surface area contributed by atoms with E-state index in [0.717, 1.165) is 61.2 Å². The molecule has 0 aliphatic carbocycles. The largest absolute Gasteiger partial charge is 0.356 e. The van der Waals surface area contributed by atoms with Crippen LogP contribution in [0.1, 0.15) is 55.3 Å². The minimum Gasteiger partial charge on any atom is -0.356 e. The van der Waals surface area contributed by atoms with Crippen LogP contribution < -0.4 is 15.1 Å². The molecule has 3 aliphatic rings. The molecule has 1 aromatic carbocycles. The van der Waals surface area contributed by atoms with Gasteiger partial charge in [0.15, 0.2) is 0 Å². The van der Waals surface area contributed by atoms with Crippen LogP contribution in [-0.4, -0.2) is 53.6 Å². The Morgan fingerprint density at radius 2 is 1.53 bits per heavy atom. The summed E-state index contributed by atoms with van der Waals surface area (Å²) in [6, 6.07) is 10.1. The molecule has 2 amide bonds. The maximum Gasteiger partial charge on any atom is 0.317 e. The second-order valence-corrected chi connectivity index (χ2v) is 9.18. The normalized spacial score (nSPS) is 18.9. The third-order valence-corrected chi connectivity index (χ3v) is 6.89. The smallest absolute Gasteiger partial charge is 0.317 e. The van der Waals surface area contributed by atoms with Crippen molar-refractivity contribution in [1.82, 2.24) is 20.2 Å². The molecule has 0 atom stereocenters. The lowest BCUT2D eigenvalue weighted by Gasteiger charge is -2.36. The van der Waals surface area contributed by atoms with Crippen LogP contribution in [0.2, 0.25) is 0 Å². The van der Waals surface area contributed by atoms with Crippen molar-refractivity contribution in [2.75, 3.05) is 42.5 Å². The van der Waals surface area contributed by atoms with Crippen LogP contribution in [0.4, 0.5) is 16.6 Å². The number of carbonyl (C=O) groups excluding carboxylic acids is 1. The molecule has 7 heteroatoms. The number of fused-ring (bicyclic) bond motifs is 1. The Bertz CT molecular complexity index is 922. The van der Waals surface area contributed by atoms with Gasteiger partial charge in [-0.15, -0.1) is 0 Å². The number of aromatic nitrogens is 2. The van der Waals surface area contributed by atoms with Gasteiger partial charge < -0.3 is 20.0 Å². The van der Waals surface area contributed by atoms with E-state index in [1.807, 2.05) is 35.2 Å². The van der Waals surface area contributed by atoms with Gasteiger partial charge in [-0.25, -0.2) is 9.78 Å². The Morgan fingerprint density at radius 3 is 2.25 bits per heavy atom. The van der Waals surface area contributed by atoms with Crippen LogP contribution in [0, 0.1) is 0 Å². The lowest BCUT2D eigenvalue weighted by molar-refractivity contribution is 0.191. The first kappa shape index (κ1) is 21.0. The van der Waals surface area contributed by atoms with Gasteiger partial charge in [-0.2, -0.15) is 4.98 Å². The molecule has 7 nitrogen and oxygen atoms in total. The summed E-state index contributed by atoms with van der Waals surface area (Å²) in [5.41, 5.74) is 3.39. The molecule has 1 N–H and O–H groups in total. The molecular formula is C25H34N6O. The number of piperidine rings is 2. The van der Waals surface area contributed by atoms with Gasteiger partial charge in [-0.05, 0) is 44.1 Å². The third-order valence-electron chi connectivity index (χ3n) is 6.89. The number of urea groups is 1. The Kier molecular flexibility index (Phi) is 6.41. The predicted octanol–water partition coefficient (Wildman–Crippen LogP) is 3.73. The van der Waals surface area contributed by atoms with E-state index in [-0.39, 0.29) is 6.03 Å². The average molecular weight is 435 g/mol. The number of carbonyl (C=O) groups is 1. The van der Waals surface area contributed by atoms with Crippen LogP contribution in [0.3, 0.4) is 0 Å². The molecule has 170 valence electrons. The van der Waals surface area contributed by atoms with E-state index in [4.69, 9.17) is 9.97 Å². The first-order valence-corrected chi connectivity index (χ1v) is 12.2. The SMILES string of the molecule is O=C(NCc1ccccc1)N1CCc2nc(N3CCCCC3)nc(N3CCCCC3)c2C1. The van der Waals surface area contributed by atoms with Crippen LogP contribution in [0.5, 0.6) is 0 Å². The summed E-state index contributed by atoms with van der Waals surface area (Å²) in [7, 11) is 0. The molecule has 32 heavy (non-hydrogen) atoms. The number of nitrogens with one attached hydrogen (secondary N) is 1. The molecule has 4 heterocycles. The molecule has 0 bridgehead atoms. The zero-order valence-corrected chi connectivity index (χ0v) is 18.9. The highest BCUT2D eigenvalue weighted by Gasteiger charge is 2.29. The maximum atomic E-state index is 12.9. The van der Waals surface area contributed by atoms with Crippen molar-refractivity contribution in [2.45, 2.75) is 58.0 Å². The van der Waals surface area contributed by atoms with Gasteiger partial charge in [-0.3, -0.25) is 0 Å². The Morgan fingerprint density at radius 1 is 0.844 bits per heavy atom. The van der Waals surface area contributed by atoms with E-state index in [2.05, 4.69) is 15.1 Å². The van der Waals surface area contributed by atoms with Crippen molar-refractivity contribution in [3.8, 4) is 0 Å². The number of rotatable bonds is 4. The molecule has 2 fully saturated rings. The molecule has 1 aromatic heterocycles. The molecule has 0 unspecified atom stereocenters. The van der Waals surface area contributed by atoms with E-state index in [0.29, 0.717) is 19.6 Å². The number of amides is 2. The van der Waals surface area contributed by atoms with Gasteiger partial charge in [0, 0.05) is 51.3 Å². The zero-order chi connectivity index (χ0) is 21.8. The van der Waals surface area contributed by atoms with Crippen LogP contribution >= 0.6 is 0 Å². The number of hydrogen-bond donors (Lipinski definition) is 1. The minimum absolute atomic E-state index is 0.01000. The summed E-state index contributed by atoms with van der Waals surface area (Å²) in [5.74, 6) is 1.96. The maximum absolute atomic E-state index is 12.9. The molecule has 0 radical (unpaired) electrons. The van der Waals surface area contributed by atoms with E-state index >= 15 is 0 Å². The molecule has 5 rings (SSSR count). The summed E-state index contributed by atoms with van der Waals surface area (Å²) in [6.45, 7) is 6.02. The number of hydrogen-bond acceptors (Lipinski definition) is 5. The van der Waals surface area contributed by atoms with Gasteiger partial charge >= 0.3 is 6.03 Å². The second kappa shape index (κ2) is 9.76. The summed E-state index contributed by atoms with van der Waals surface area (Å²) in [5, 5.41) is 3.09. The molecular weight excluding hydrogens is 400 g/mol. The Hall–Kier alpha value is -2.83. The Labute approximate surface area is 190 Å². The zero-order valence-electron chi connectivity index (χ0n) is 18.9. The number of nitrogens with zero attached hydrogens (tertiary/aromatic N) is 5. The Balaban J connectivity index is 1.36. The molecule has 0 saturated carbocycles. The molecule has 0 spiro atoms. The van der Waals surface area contributed by atoms with Crippen molar-refractivity contribution < 1.29 is 4.79 Å². The fraction of sp³-hybridized carbons (Fsp3) is 0.560. The third kappa shape index (κ3) is 4.66. The molecule has 3 aliphatic heterocycles. The first-order chi connectivity index (χ1) is 15.8. The van der Waals surface area contributed by atoms with E-state index < -0.39 is 0 Å². The van der Waals surface area contributed by atoms with Crippen LogP contribution in [-0.2, 0) is 19.5 Å². The highest BCUT2D eigenvalue weighted by Crippen LogP contribution is 2.31. The number of anilines is 2. The number of benzene rings is 1. The van der Waals surface area contributed by atoms with Gasteiger partial charge in [-0.1, -0.05) is 30.3 Å². The first-order valence-electron chi connectivity index (χ1n) is 12.2. The summed E-state index contributed by atoms with van der Waals surface area (Å²) >= 11 is 0. The fourth-order valence-electron chi connectivity index (χ4n) is 5.05. The minimum atomic E-state index is -0.01000. The van der Waals surface area contributed by atoms with Gasteiger partial charge in [0.1, 0.15) is 5.82 Å². The van der Waals surface area contributed by atoms with Crippen molar-refractivity contribution in [3.05, 3.63) is 47.2 Å². The van der Waals surface area contributed by atoms with Crippen molar-refractivity contribution in [2.24, 2.45) is 0 Å². The lowest BCUT2D eigenvalue weighted by atomic mass is 10.0. The highest BCUT2D eigenvalue weighted by atomic mass is 16.2.